The lowest BCUT2D eigenvalue weighted by Gasteiger charge is -2.22. The topological polar surface area (TPSA) is 134 Å². The van der Waals surface area contributed by atoms with Crippen LogP contribution in [0.15, 0.2) is 76.4 Å². The van der Waals surface area contributed by atoms with Gasteiger partial charge in [-0.25, -0.2) is 18.2 Å². The number of fused-ring (bicyclic) bond motifs is 2. The Morgan fingerprint density at radius 3 is 2.34 bits per heavy atom. The van der Waals surface area contributed by atoms with Crippen molar-refractivity contribution in [3.05, 3.63) is 77.1 Å². The second-order valence-electron chi connectivity index (χ2n) is 8.36. The first-order chi connectivity index (χ1) is 18.0. The molecule has 2 N–H and O–H groups in total. The van der Waals surface area contributed by atoms with E-state index in [0.717, 1.165) is 4.68 Å². The molecular formula is C25H20F2N4O6S. The highest BCUT2D eigenvalue weighted by atomic mass is 32.2. The summed E-state index contributed by atoms with van der Waals surface area (Å²) in [6.45, 7) is 1.40. The predicted molar refractivity (Wildman–Crippen MR) is 133 cm³/mol. The van der Waals surface area contributed by atoms with E-state index < -0.39 is 34.3 Å². The summed E-state index contributed by atoms with van der Waals surface area (Å²) in [6.07, 6.45) is -3.80. The molecule has 1 aromatic heterocycles. The number of rotatable bonds is 6. The molecule has 0 fully saturated rings. The minimum Gasteiger partial charge on any atom is -0.395 e. The van der Waals surface area contributed by atoms with E-state index in [-0.39, 0.29) is 28.6 Å². The summed E-state index contributed by atoms with van der Waals surface area (Å²) in [6, 6.07) is 16.3. The molecule has 0 bridgehead atoms. The van der Waals surface area contributed by atoms with Gasteiger partial charge >= 0.3 is 6.29 Å². The zero-order valence-electron chi connectivity index (χ0n) is 19.8. The summed E-state index contributed by atoms with van der Waals surface area (Å²) >= 11 is 0. The zero-order valence-corrected chi connectivity index (χ0v) is 20.6. The molecule has 13 heteroatoms. The van der Waals surface area contributed by atoms with Crippen molar-refractivity contribution in [3.8, 4) is 22.8 Å². The SMILES string of the molecule is CCN(C(=O)Cn1nc(-c2ccc(S(N)(=O)=O)cc2)c2ccccc2c1=O)c1ccc2c(c1)OC(F)(F)O2. The number of nitrogens with two attached hydrogens (primary N) is 1. The van der Waals surface area contributed by atoms with E-state index in [9.17, 15) is 26.8 Å². The number of ether oxygens (including phenoxy) is 2. The highest BCUT2D eigenvalue weighted by Gasteiger charge is 2.43. The van der Waals surface area contributed by atoms with Crippen molar-refractivity contribution in [3.63, 3.8) is 0 Å². The highest BCUT2D eigenvalue weighted by molar-refractivity contribution is 7.89. The fraction of sp³-hybridized carbons (Fsp3) is 0.160. The number of alkyl halides is 2. The molecule has 1 amide bonds. The maximum Gasteiger partial charge on any atom is 0.586 e. The molecule has 38 heavy (non-hydrogen) atoms. The number of amides is 1. The van der Waals surface area contributed by atoms with Gasteiger partial charge in [-0.1, -0.05) is 30.3 Å². The molecule has 1 aliphatic rings. The van der Waals surface area contributed by atoms with Gasteiger partial charge in [0.2, 0.25) is 15.9 Å². The highest BCUT2D eigenvalue weighted by Crippen LogP contribution is 2.42. The van der Waals surface area contributed by atoms with Crippen molar-refractivity contribution in [1.82, 2.24) is 9.78 Å². The molecule has 10 nitrogen and oxygen atoms in total. The van der Waals surface area contributed by atoms with Gasteiger partial charge in [-0.3, -0.25) is 9.59 Å². The summed E-state index contributed by atoms with van der Waals surface area (Å²) < 4.78 is 60.0. The monoisotopic (exact) mass is 542 g/mol. The Balaban J connectivity index is 1.52. The van der Waals surface area contributed by atoms with Crippen molar-refractivity contribution in [2.24, 2.45) is 5.14 Å². The number of anilines is 1. The number of benzene rings is 3. The maximum absolute atomic E-state index is 13.4. The van der Waals surface area contributed by atoms with Crippen LogP contribution in [0.5, 0.6) is 11.5 Å². The van der Waals surface area contributed by atoms with Crippen molar-refractivity contribution in [2.45, 2.75) is 24.7 Å². The molecule has 2 heterocycles. The Labute approximate surface area is 214 Å². The summed E-state index contributed by atoms with van der Waals surface area (Å²) in [5.74, 6) is -0.906. The van der Waals surface area contributed by atoms with Crippen LogP contribution in [-0.2, 0) is 21.4 Å². The molecule has 0 aliphatic carbocycles. The van der Waals surface area contributed by atoms with E-state index in [1.54, 1.807) is 31.2 Å². The lowest BCUT2D eigenvalue weighted by molar-refractivity contribution is -0.286. The van der Waals surface area contributed by atoms with E-state index in [0.29, 0.717) is 22.0 Å². The quantitative estimate of drug-likeness (QED) is 0.396. The van der Waals surface area contributed by atoms with Crippen LogP contribution in [0.1, 0.15) is 6.92 Å². The van der Waals surface area contributed by atoms with Crippen molar-refractivity contribution in [1.29, 1.82) is 0 Å². The molecular weight excluding hydrogens is 522 g/mol. The molecule has 0 spiro atoms. The summed E-state index contributed by atoms with van der Waals surface area (Å²) in [5, 5.41) is 10.4. The first kappa shape index (κ1) is 25.3. The lowest BCUT2D eigenvalue weighted by atomic mass is 10.1. The second-order valence-corrected chi connectivity index (χ2v) is 9.92. The number of likely N-dealkylation sites (N-methyl/N-ethyl adjacent to an activating group) is 1. The van der Waals surface area contributed by atoms with Crippen molar-refractivity contribution >= 4 is 32.4 Å². The second kappa shape index (κ2) is 9.19. The van der Waals surface area contributed by atoms with Crippen LogP contribution in [0.2, 0.25) is 0 Å². The van der Waals surface area contributed by atoms with Gasteiger partial charge in [0.25, 0.3) is 5.56 Å². The van der Waals surface area contributed by atoms with E-state index in [1.165, 1.54) is 47.4 Å². The van der Waals surface area contributed by atoms with Crippen LogP contribution in [0.4, 0.5) is 14.5 Å². The standard InChI is InChI=1S/C25H20F2N4O6S/c1-2-30(16-9-12-20-21(13-16)37-25(26,27)36-20)22(32)14-31-24(33)19-6-4-3-5-18(19)23(29-31)15-7-10-17(11-8-15)38(28,34)35/h3-13H,2,14H2,1H3,(H2,28,34,35). The average molecular weight is 543 g/mol. The zero-order chi connectivity index (χ0) is 27.2. The number of halogens is 2. The smallest absolute Gasteiger partial charge is 0.395 e. The van der Waals surface area contributed by atoms with Crippen LogP contribution < -0.4 is 25.1 Å². The lowest BCUT2D eigenvalue weighted by Crippen LogP contribution is -2.37. The Hall–Kier alpha value is -4.36. The fourth-order valence-corrected chi connectivity index (χ4v) is 4.70. The summed E-state index contributed by atoms with van der Waals surface area (Å²) in [7, 11) is -3.91. The van der Waals surface area contributed by atoms with Gasteiger partial charge in [-0.05, 0) is 37.3 Å². The number of carbonyl (C=O) groups excluding carboxylic acids is 1. The molecule has 0 radical (unpaired) electrons. The van der Waals surface area contributed by atoms with Gasteiger partial charge in [0.1, 0.15) is 6.54 Å². The Morgan fingerprint density at radius 1 is 1.03 bits per heavy atom. The van der Waals surface area contributed by atoms with E-state index in [1.807, 2.05) is 0 Å². The minimum atomic E-state index is -3.91. The van der Waals surface area contributed by atoms with Gasteiger partial charge < -0.3 is 14.4 Å². The van der Waals surface area contributed by atoms with Gasteiger partial charge in [-0.15, -0.1) is 8.78 Å². The van der Waals surface area contributed by atoms with Crippen LogP contribution in [0.25, 0.3) is 22.0 Å². The van der Waals surface area contributed by atoms with Crippen LogP contribution >= 0.6 is 0 Å². The molecule has 0 atom stereocenters. The van der Waals surface area contributed by atoms with E-state index in [4.69, 9.17) is 5.14 Å². The molecule has 0 unspecified atom stereocenters. The molecule has 0 saturated carbocycles. The number of sulfonamides is 1. The third-order valence-electron chi connectivity index (χ3n) is 5.92. The number of hydrogen-bond donors (Lipinski definition) is 1. The predicted octanol–water partition coefficient (Wildman–Crippen LogP) is 3.09. The molecule has 1 aliphatic heterocycles. The molecule has 5 rings (SSSR count). The van der Waals surface area contributed by atoms with E-state index >= 15 is 0 Å². The van der Waals surface area contributed by atoms with Crippen molar-refractivity contribution in [2.75, 3.05) is 11.4 Å². The minimum absolute atomic E-state index is 0.0888. The van der Waals surface area contributed by atoms with Gasteiger partial charge in [0.05, 0.1) is 16.0 Å². The Bertz CT molecular complexity index is 1740. The molecule has 0 saturated heterocycles. The normalized spacial score (nSPS) is 14.0. The number of hydrogen-bond acceptors (Lipinski definition) is 7. The number of primary sulfonamides is 1. The first-order valence-electron chi connectivity index (χ1n) is 11.3. The van der Waals surface area contributed by atoms with Gasteiger partial charge in [-0.2, -0.15) is 5.10 Å². The Kier molecular flexibility index (Phi) is 6.12. The van der Waals surface area contributed by atoms with Crippen LogP contribution in [0, 0.1) is 0 Å². The van der Waals surface area contributed by atoms with Gasteiger partial charge in [0, 0.05) is 29.2 Å². The van der Waals surface area contributed by atoms with E-state index in [2.05, 4.69) is 14.6 Å². The Morgan fingerprint density at radius 2 is 1.68 bits per heavy atom. The van der Waals surface area contributed by atoms with Crippen LogP contribution in [-0.4, -0.2) is 36.9 Å². The fourth-order valence-electron chi connectivity index (χ4n) is 4.18. The maximum atomic E-state index is 13.4. The number of nitrogens with zero attached hydrogens (tertiary/aromatic N) is 3. The van der Waals surface area contributed by atoms with Gasteiger partial charge in [0.15, 0.2) is 11.5 Å². The molecule has 196 valence electrons. The largest absolute Gasteiger partial charge is 0.586 e. The molecule has 3 aromatic carbocycles. The number of carbonyl (C=O) groups is 1. The van der Waals surface area contributed by atoms with Crippen molar-refractivity contribution < 1.29 is 31.5 Å². The first-order valence-corrected chi connectivity index (χ1v) is 12.8. The summed E-state index contributed by atoms with van der Waals surface area (Å²) in [4.78, 5) is 27.7. The third-order valence-corrected chi connectivity index (χ3v) is 6.85. The summed E-state index contributed by atoms with van der Waals surface area (Å²) in [5.41, 5.74) is 0.603. The molecule has 4 aromatic rings. The van der Waals surface area contributed by atoms with Crippen LogP contribution in [0.3, 0.4) is 0 Å². The number of aromatic nitrogens is 2. The average Bonchev–Trinajstić information content (AvgIpc) is 3.19. The third kappa shape index (κ3) is 4.68.